The van der Waals surface area contributed by atoms with Crippen molar-refractivity contribution in [3.05, 3.63) is 35.9 Å². The molecule has 27 heavy (non-hydrogen) atoms. The van der Waals surface area contributed by atoms with Gasteiger partial charge in [-0.3, -0.25) is 14.4 Å². The lowest BCUT2D eigenvalue weighted by Gasteiger charge is -2.25. The number of rotatable bonds is 9. The molecule has 1 aromatic carbocycles. The third kappa shape index (κ3) is 6.47. The standard InChI is InChI=1S/C21H30N2O4/c1-4-17-19(16(24)14-27-17)23-18(25)10-11-21(2,3)12-13-22-20(26)15-8-6-5-7-9-15/h5-9,17,19H,4,10-14H2,1-3H3,(H,22,26)(H,23,25). The summed E-state index contributed by atoms with van der Waals surface area (Å²) in [6, 6.07) is 8.58. The van der Waals surface area contributed by atoms with Gasteiger partial charge < -0.3 is 15.4 Å². The summed E-state index contributed by atoms with van der Waals surface area (Å²) in [5.41, 5.74) is 0.547. The Kier molecular flexibility index (Phi) is 7.54. The molecule has 2 amide bonds. The van der Waals surface area contributed by atoms with E-state index in [0.717, 1.165) is 6.42 Å². The maximum absolute atomic E-state index is 12.2. The van der Waals surface area contributed by atoms with Gasteiger partial charge in [-0.2, -0.15) is 0 Å². The first-order valence-corrected chi connectivity index (χ1v) is 9.59. The largest absolute Gasteiger partial charge is 0.368 e. The average Bonchev–Trinajstić information content (AvgIpc) is 3.00. The van der Waals surface area contributed by atoms with Crippen LogP contribution >= 0.6 is 0 Å². The molecule has 2 rings (SSSR count). The van der Waals surface area contributed by atoms with Gasteiger partial charge in [-0.05, 0) is 36.8 Å². The van der Waals surface area contributed by atoms with Crippen molar-refractivity contribution in [1.82, 2.24) is 10.6 Å². The minimum absolute atomic E-state index is 0.0573. The molecule has 0 aromatic heterocycles. The first kappa shape index (κ1) is 21.1. The molecular weight excluding hydrogens is 344 g/mol. The lowest BCUT2D eigenvalue weighted by molar-refractivity contribution is -0.126. The molecule has 6 nitrogen and oxygen atoms in total. The normalized spacial score (nSPS) is 19.7. The predicted molar refractivity (Wildman–Crippen MR) is 103 cm³/mol. The second-order valence-electron chi connectivity index (χ2n) is 7.81. The number of carbonyl (C=O) groups is 3. The summed E-state index contributed by atoms with van der Waals surface area (Å²) in [5, 5.41) is 5.73. The Morgan fingerprint density at radius 1 is 1.19 bits per heavy atom. The third-order valence-corrected chi connectivity index (χ3v) is 5.03. The van der Waals surface area contributed by atoms with Crippen LogP contribution in [-0.4, -0.2) is 42.9 Å². The van der Waals surface area contributed by atoms with Crippen molar-refractivity contribution in [3.8, 4) is 0 Å². The van der Waals surface area contributed by atoms with Crippen LogP contribution in [0.25, 0.3) is 0 Å². The Labute approximate surface area is 161 Å². The molecule has 6 heteroatoms. The average molecular weight is 374 g/mol. The number of ether oxygens (including phenoxy) is 1. The number of carbonyl (C=O) groups excluding carboxylic acids is 3. The molecule has 0 aliphatic carbocycles. The fraction of sp³-hybridized carbons (Fsp3) is 0.571. The van der Waals surface area contributed by atoms with Crippen molar-refractivity contribution in [2.45, 2.75) is 58.6 Å². The molecule has 0 saturated carbocycles. The van der Waals surface area contributed by atoms with Gasteiger partial charge in [-0.25, -0.2) is 0 Å². The van der Waals surface area contributed by atoms with Crippen LogP contribution in [0.2, 0.25) is 0 Å². The molecule has 0 spiro atoms. The van der Waals surface area contributed by atoms with Crippen LogP contribution in [0.15, 0.2) is 30.3 Å². The Morgan fingerprint density at radius 3 is 2.56 bits per heavy atom. The third-order valence-electron chi connectivity index (χ3n) is 5.03. The van der Waals surface area contributed by atoms with Gasteiger partial charge in [0.25, 0.3) is 5.91 Å². The maximum Gasteiger partial charge on any atom is 0.251 e. The monoisotopic (exact) mass is 374 g/mol. The van der Waals surface area contributed by atoms with Gasteiger partial charge in [0.05, 0.1) is 6.10 Å². The molecule has 1 aromatic rings. The zero-order valence-corrected chi connectivity index (χ0v) is 16.4. The summed E-state index contributed by atoms with van der Waals surface area (Å²) < 4.78 is 5.38. The molecule has 1 aliphatic heterocycles. The van der Waals surface area contributed by atoms with Crippen molar-refractivity contribution in [3.63, 3.8) is 0 Å². The number of amides is 2. The van der Waals surface area contributed by atoms with Crippen LogP contribution in [0.5, 0.6) is 0 Å². The van der Waals surface area contributed by atoms with Crippen molar-refractivity contribution in [1.29, 1.82) is 0 Å². The Morgan fingerprint density at radius 2 is 1.89 bits per heavy atom. The van der Waals surface area contributed by atoms with Crippen molar-refractivity contribution in [2.75, 3.05) is 13.2 Å². The van der Waals surface area contributed by atoms with Gasteiger partial charge in [-0.15, -0.1) is 0 Å². The van der Waals surface area contributed by atoms with Crippen LogP contribution in [0.1, 0.15) is 56.8 Å². The molecule has 2 atom stereocenters. The summed E-state index contributed by atoms with van der Waals surface area (Å²) >= 11 is 0. The van der Waals surface area contributed by atoms with Gasteiger partial charge in [0.15, 0.2) is 5.78 Å². The highest BCUT2D eigenvalue weighted by Gasteiger charge is 2.35. The highest BCUT2D eigenvalue weighted by atomic mass is 16.5. The number of hydrogen-bond acceptors (Lipinski definition) is 4. The zero-order chi connectivity index (χ0) is 19.9. The van der Waals surface area contributed by atoms with Gasteiger partial charge in [0, 0.05) is 18.5 Å². The summed E-state index contributed by atoms with van der Waals surface area (Å²) in [7, 11) is 0. The topological polar surface area (TPSA) is 84.5 Å². The van der Waals surface area contributed by atoms with Gasteiger partial charge in [-0.1, -0.05) is 39.0 Å². The van der Waals surface area contributed by atoms with E-state index >= 15 is 0 Å². The maximum atomic E-state index is 12.2. The SMILES string of the molecule is CCC1OCC(=O)C1NC(=O)CCC(C)(C)CCNC(=O)c1ccccc1. The molecule has 148 valence electrons. The first-order valence-electron chi connectivity index (χ1n) is 9.59. The van der Waals surface area contributed by atoms with Crippen LogP contribution in [0.3, 0.4) is 0 Å². The van der Waals surface area contributed by atoms with E-state index in [9.17, 15) is 14.4 Å². The molecule has 0 bridgehead atoms. The Balaban J connectivity index is 1.71. The number of Topliss-reactive ketones (excluding diaryl/α,β-unsaturated/α-hetero) is 1. The minimum Gasteiger partial charge on any atom is -0.368 e. The number of nitrogens with one attached hydrogen (secondary N) is 2. The van der Waals surface area contributed by atoms with Crippen LogP contribution in [0, 0.1) is 5.41 Å². The molecular formula is C21H30N2O4. The summed E-state index contributed by atoms with van der Waals surface area (Å²) in [6.45, 7) is 6.72. The van der Waals surface area contributed by atoms with E-state index in [2.05, 4.69) is 24.5 Å². The van der Waals surface area contributed by atoms with E-state index in [1.807, 2.05) is 25.1 Å². The van der Waals surface area contributed by atoms with E-state index in [-0.39, 0.29) is 35.7 Å². The summed E-state index contributed by atoms with van der Waals surface area (Å²) in [4.78, 5) is 36.1. The van der Waals surface area contributed by atoms with E-state index in [4.69, 9.17) is 4.74 Å². The summed E-state index contributed by atoms with van der Waals surface area (Å²) in [6.07, 6.45) is 2.27. The van der Waals surface area contributed by atoms with E-state index in [1.54, 1.807) is 12.1 Å². The van der Waals surface area contributed by atoms with E-state index < -0.39 is 6.04 Å². The molecule has 1 heterocycles. The van der Waals surface area contributed by atoms with Gasteiger partial charge in [0.1, 0.15) is 12.6 Å². The molecule has 0 radical (unpaired) electrons. The highest BCUT2D eigenvalue weighted by molar-refractivity contribution is 5.94. The minimum atomic E-state index is -0.518. The Bertz CT molecular complexity index is 657. The second kappa shape index (κ2) is 9.65. The molecule has 1 aliphatic rings. The predicted octanol–water partition coefficient (Wildman–Crippen LogP) is 2.48. The Hall–Kier alpha value is -2.21. The zero-order valence-electron chi connectivity index (χ0n) is 16.4. The fourth-order valence-corrected chi connectivity index (χ4v) is 3.14. The fourth-order valence-electron chi connectivity index (χ4n) is 3.14. The van der Waals surface area contributed by atoms with Crippen LogP contribution in [0.4, 0.5) is 0 Å². The van der Waals surface area contributed by atoms with E-state index in [0.29, 0.717) is 31.4 Å². The van der Waals surface area contributed by atoms with Gasteiger partial charge in [0.2, 0.25) is 5.91 Å². The van der Waals surface area contributed by atoms with Crippen LogP contribution in [-0.2, 0) is 14.3 Å². The van der Waals surface area contributed by atoms with Crippen LogP contribution < -0.4 is 10.6 Å². The molecule has 2 N–H and O–H groups in total. The highest BCUT2D eigenvalue weighted by Crippen LogP contribution is 2.26. The number of hydrogen-bond donors (Lipinski definition) is 2. The van der Waals surface area contributed by atoms with Crippen molar-refractivity contribution >= 4 is 17.6 Å². The smallest absolute Gasteiger partial charge is 0.251 e. The van der Waals surface area contributed by atoms with E-state index in [1.165, 1.54) is 0 Å². The van der Waals surface area contributed by atoms with Crippen molar-refractivity contribution in [2.24, 2.45) is 5.41 Å². The molecule has 1 fully saturated rings. The number of ketones is 1. The first-order chi connectivity index (χ1) is 12.8. The van der Waals surface area contributed by atoms with Gasteiger partial charge >= 0.3 is 0 Å². The summed E-state index contributed by atoms with van der Waals surface area (Å²) in [5.74, 6) is -0.272. The number of benzene rings is 1. The molecule has 1 saturated heterocycles. The van der Waals surface area contributed by atoms with Crippen molar-refractivity contribution < 1.29 is 19.1 Å². The molecule has 2 unspecified atom stereocenters. The second-order valence-corrected chi connectivity index (χ2v) is 7.81. The lowest BCUT2D eigenvalue weighted by atomic mass is 9.84. The lowest BCUT2D eigenvalue weighted by Crippen LogP contribution is -2.44. The quantitative estimate of drug-likeness (QED) is 0.695.